The van der Waals surface area contributed by atoms with Gasteiger partial charge in [-0.1, -0.05) is 0 Å². The van der Waals surface area contributed by atoms with E-state index in [1.165, 1.54) is 44.7 Å². The quantitative estimate of drug-likeness (QED) is 0.358. The van der Waals surface area contributed by atoms with Crippen LogP contribution >= 0.6 is 0 Å². The molecular weight excluding hydrogens is 397 g/mol. The lowest BCUT2D eigenvalue weighted by molar-refractivity contribution is -0.384. The lowest BCUT2D eigenvalue weighted by atomic mass is 10.1. The highest BCUT2D eigenvalue weighted by molar-refractivity contribution is 5.97. The summed E-state index contributed by atoms with van der Waals surface area (Å²) in [7, 11) is 2.92. The molecule has 1 aromatic heterocycles. The number of amides is 1. The van der Waals surface area contributed by atoms with E-state index in [1.54, 1.807) is 12.1 Å². The molecule has 154 valence electrons. The minimum absolute atomic E-state index is 0.119. The van der Waals surface area contributed by atoms with Crippen molar-refractivity contribution in [1.82, 2.24) is 5.43 Å². The number of halogens is 1. The highest BCUT2D eigenvalue weighted by Crippen LogP contribution is 2.31. The SMILES string of the molecule is COc1ccc(C(=O)NN=Cc2ccc(-c3ccc(F)cc3[N+](=O)[O-])o2)c(OC)c1. The molecule has 1 N–H and O–H groups in total. The van der Waals surface area contributed by atoms with Crippen LogP contribution in [0.5, 0.6) is 11.5 Å². The summed E-state index contributed by atoms with van der Waals surface area (Å²) in [4.78, 5) is 22.7. The van der Waals surface area contributed by atoms with Crippen molar-refractivity contribution in [3.05, 3.63) is 75.8 Å². The number of hydrazone groups is 1. The van der Waals surface area contributed by atoms with Gasteiger partial charge in [0.2, 0.25) is 0 Å². The smallest absolute Gasteiger partial charge is 0.283 e. The number of benzene rings is 2. The second-order valence-electron chi connectivity index (χ2n) is 5.89. The molecule has 0 aliphatic rings. The monoisotopic (exact) mass is 413 g/mol. The van der Waals surface area contributed by atoms with Crippen LogP contribution in [0.25, 0.3) is 11.3 Å². The van der Waals surface area contributed by atoms with Gasteiger partial charge in [0.05, 0.1) is 42.6 Å². The zero-order valence-electron chi connectivity index (χ0n) is 15.9. The summed E-state index contributed by atoms with van der Waals surface area (Å²) in [5.74, 6) is -0.0186. The van der Waals surface area contributed by atoms with E-state index in [0.717, 1.165) is 12.1 Å². The standard InChI is InChI=1S/C20H16FN3O6/c1-28-13-4-7-16(19(10-13)29-2)20(25)23-22-11-14-5-8-18(30-14)15-6-3-12(21)9-17(15)24(26)27/h3-11H,1-2H3,(H,23,25). The molecule has 0 atom stereocenters. The van der Waals surface area contributed by atoms with Gasteiger partial charge in [0.15, 0.2) is 0 Å². The summed E-state index contributed by atoms with van der Waals surface area (Å²) in [6.07, 6.45) is 1.23. The Bertz CT molecular complexity index is 1130. The van der Waals surface area contributed by atoms with Gasteiger partial charge in [0.1, 0.15) is 28.8 Å². The predicted octanol–water partition coefficient (Wildman–Crippen LogP) is 3.78. The maximum absolute atomic E-state index is 13.3. The van der Waals surface area contributed by atoms with E-state index < -0.39 is 22.3 Å². The average molecular weight is 413 g/mol. The number of hydrogen-bond donors (Lipinski definition) is 1. The molecule has 1 amide bonds. The summed E-state index contributed by atoms with van der Waals surface area (Å²) in [6, 6.07) is 10.9. The Hall–Kier alpha value is -4.21. The molecule has 30 heavy (non-hydrogen) atoms. The topological polar surface area (TPSA) is 116 Å². The van der Waals surface area contributed by atoms with Crippen molar-refractivity contribution in [1.29, 1.82) is 0 Å². The summed E-state index contributed by atoms with van der Waals surface area (Å²) in [5, 5.41) is 14.9. The third-order valence-electron chi connectivity index (χ3n) is 4.06. The van der Waals surface area contributed by atoms with Crippen LogP contribution in [-0.4, -0.2) is 31.3 Å². The second kappa shape index (κ2) is 8.86. The van der Waals surface area contributed by atoms with E-state index in [2.05, 4.69) is 10.5 Å². The fourth-order valence-corrected chi connectivity index (χ4v) is 2.63. The van der Waals surface area contributed by atoms with Crippen molar-refractivity contribution in [2.75, 3.05) is 14.2 Å². The van der Waals surface area contributed by atoms with Crippen LogP contribution in [0.2, 0.25) is 0 Å². The van der Waals surface area contributed by atoms with Gasteiger partial charge in [-0.15, -0.1) is 0 Å². The Labute approximate surface area is 169 Å². The van der Waals surface area contributed by atoms with Crippen LogP contribution < -0.4 is 14.9 Å². The predicted molar refractivity (Wildman–Crippen MR) is 105 cm³/mol. The van der Waals surface area contributed by atoms with E-state index in [-0.39, 0.29) is 22.6 Å². The number of methoxy groups -OCH3 is 2. The molecule has 9 nitrogen and oxygen atoms in total. The van der Waals surface area contributed by atoms with Crippen LogP contribution in [0, 0.1) is 15.9 Å². The number of furan rings is 1. The zero-order chi connectivity index (χ0) is 21.7. The Morgan fingerprint density at radius 3 is 2.67 bits per heavy atom. The lowest BCUT2D eigenvalue weighted by Crippen LogP contribution is -2.18. The Kier molecular flexibility index (Phi) is 6.06. The van der Waals surface area contributed by atoms with Crippen molar-refractivity contribution in [3.63, 3.8) is 0 Å². The van der Waals surface area contributed by atoms with Gasteiger partial charge in [0.25, 0.3) is 11.6 Å². The first-order chi connectivity index (χ1) is 14.4. The summed E-state index contributed by atoms with van der Waals surface area (Å²) < 4.78 is 29.0. The van der Waals surface area contributed by atoms with Crippen LogP contribution in [0.15, 0.2) is 58.0 Å². The molecule has 0 unspecified atom stereocenters. The first-order valence-corrected chi connectivity index (χ1v) is 8.52. The van der Waals surface area contributed by atoms with Crippen LogP contribution in [0.1, 0.15) is 16.1 Å². The van der Waals surface area contributed by atoms with E-state index in [0.29, 0.717) is 11.5 Å². The third kappa shape index (κ3) is 4.43. The molecule has 0 saturated carbocycles. The maximum Gasteiger partial charge on any atom is 0.283 e. The first-order valence-electron chi connectivity index (χ1n) is 8.52. The molecule has 2 aromatic carbocycles. The zero-order valence-corrected chi connectivity index (χ0v) is 15.9. The molecule has 0 aliphatic carbocycles. The molecule has 0 radical (unpaired) electrons. The van der Waals surface area contributed by atoms with Crippen LogP contribution in [-0.2, 0) is 0 Å². The van der Waals surface area contributed by atoms with Crippen molar-refractivity contribution >= 4 is 17.8 Å². The summed E-state index contributed by atoms with van der Waals surface area (Å²) in [5.41, 5.74) is 2.28. The van der Waals surface area contributed by atoms with Crippen molar-refractivity contribution in [2.45, 2.75) is 0 Å². The molecule has 1 heterocycles. The largest absolute Gasteiger partial charge is 0.497 e. The average Bonchev–Trinajstić information content (AvgIpc) is 3.21. The molecular formula is C20H16FN3O6. The fourth-order valence-electron chi connectivity index (χ4n) is 2.63. The minimum Gasteiger partial charge on any atom is -0.497 e. The molecule has 0 bridgehead atoms. The van der Waals surface area contributed by atoms with Gasteiger partial charge in [-0.3, -0.25) is 14.9 Å². The normalized spacial score (nSPS) is 10.8. The second-order valence-corrected chi connectivity index (χ2v) is 5.89. The molecule has 3 rings (SSSR count). The van der Waals surface area contributed by atoms with Gasteiger partial charge in [-0.2, -0.15) is 5.10 Å². The Morgan fingerprint density at radius 1 is 1.17 bits per heavy atom. The number of ether oxygens (including phenoxy) is 2. The molecule has 3 aromatic rings. The Balaban J connectivity index is 1.74. The number of nitrogens with zero attached hydrogens (tertiary/aromatic N) is 2. The van der Waals surface area contributed by atoms with Gasteiger partial charge in [-0.05, 0) is 36.4 Å². The Morgan fingerprint density at radius 2 is 1.97 bits per heavy atom. The van der Waals surface area contributed by atoms with E-state index in [1.807, 2.05) is 0 Å². The van der Waals surface area contributed by atoms with Crippen LogP contribution in [0.3, 0.4) is 0 Å². The van der Waals surface area contributed by atoms with Gasteiger partial charge in [-0.25, -0.2) is 9.82 Å². The van der Waals surface area contributed by atoms with Gasteiger partial charge in [0, 0.05) is 6.07 Å². The van der Waals surface area contributed by atoms with Crippen molar-refractivity contribution in [2.24, 2.45) is 5.10 Å². The third-order valence-corrected chi connectivity index (χ3v) is 4.06. The minimum atomic E-state index is -0.726. The number of carbonyl (C=O) groups is 1. The number of nitro groups is 1. The first kappa shape index (κ1) is 20.5. The van der Waals surface area contributed by atoms with E-state index >= 15 is 0 Å². The highest BCUT2D eigenvalue weighted by Gasteiger charge is 2.19. The number of nitro benzene ring substituents is 1. The van der Waals surface area contributed by atoms with Crippen LogP contribution in [0.4, 0.5) is 10.1 Å². The van der Waals surface area contributed by atoms with Crippen molar-refractivity contribution in [3.8, 4) is 22.8 Å². The molecule has 0 spiro atoms. The van der Waals surface area contributed by atoms with E-state index in [9.17, 15) is 19.3 Å². The fraction of sp³-hybridized carbons (Fsp3) is 0.100. The molecule has 0 aliphatic heterocycles. The lowest BCUT2D eigenvalue weighted by Gasteiger charge is -2.08. The highest BCUT2D eigenvalue weighted by atomic mass is 19.1. The number of carbonyl (C=O) groups excluding carboxylic acids is 1. The number of rotatable bonds is 7. The molecule has 10 heteroatoms. The summed E-state index contributed by atoms with van der Waals surface area (Å²) >= 11 is 0. The molecule has 0 saturated heterocycles. The maximum atomic E-state index is 13.3. The number of hydrogen-bond acceptors (Lipinski definition) is 7. The molecule has 0 fully saturated rings. The van der Waals surface area contributed by atoms with Gasteiger partial charge < -0.3 is 13.9 Å². The van der Waals surface area contributed by atoms with Gasteiger partial charge >= 0.3 is 0 Å². The van der Waals surface area contributed by atoms with E-state index in [4.69, 9.17) is 13.9 Å². The number of nitrogens with one attached hydrogen (secondary N) is 1. The summed E-state index contributed by atoms with van der Waals surface area (Å²) in [6.45, 7) is 0. The van der Waals surface area contributed by atoms with Crippen molar-refractivity contribution < 1.29 is 28.0 Å².